The molecule has 0 N–H and O–H groups in total. The van der Waals surface area contributed by atoms with Gasteiger partial charge in [0.05, 0.1) is 17.9 Å². The second-order valence-electron chi connectivity index (χ2n) is 6.39. The van der Waals surface area contributed by atoms with Crippen LogP contribution in [0.1, 0.15) is 29.4 Å². The Hall–Kier alpha value is -2.88. The molecule has 4 heteroatoms. The van der Waals surface area contributed by atoms with Gasteiger partial charge in [0, 0.05) is 17.8 Å². The summed E-state index contributed by atoms with van der Waals surface area (Å²) in [5.41, 5.74) is 5.38. The van der Waals surface area contributed by atoms with Crippen LogP contribution in [-0.4, -0.2) is 17.1 Å². The molecule has 3 aromatic rings. The van der Waals surface area contributed by atoms with Gasteiger partial charge in [-0.15, -0.1) is 0 Å². The number of esters is 1. The monoisotopic (exact) mass is 349 g/mol. The number of benzene rings is 2. The zero-order chi connectivity index (χ0) is 18.1. The molecule has 0 atom stereocenters. The van der Waals surface area contributed by atoms with Crippen molar-refractivity contribution in [2.75, 3.05) is 6.61 Å². The Morgan fingerprint density at radius 1 is 1.08 bits per heavy atom. The van der Waals surface area contributed by atoms with Crippen LogP contribution in [0.4, 0.5) is 4.39 Å². The molecule has 2 aromatic carbocycles. The first-order chi connectivity index (χ1) is 12.7. The molecule has 0 amide bonds. The first kappa shape index (κ1) is 16.6. The SMILES string of the molecule is CCOC(=O)c1c(-c2ccccc2)c(-c2ccc(F)cc2)n2c1CCC2. The van der Waals surface area contributed by atoms with E-state index >= 15 is 0 Å². The van der Waals surface area contributed by atoms with E-state index in [1.807, 2.05) is 37.3 Å². The third kappa shape index (κ3) is 2.71. The molecule has 0 saturated heterocycles. The summed E-state index contributed by atoms with van der Waals surface area (Å²) in [5, 5.41) is 0. The number of hydrogen-bond acceptors (Lipinski definition) is 2. The van der Waals surface area contributed by atoms with E-state index in [9.17, 15) is 9.18 Å². The van der Waals surface area contributed by atoms with Gasteiger partial charge >= 0.3 is 5.97 Å². The van der Waals surface area contributed by atoms with E-state index in [0.717, 1.165) is 47.5 Å². The summed E-state index contributed by atoms with van der Waals surface area (Å²) in [7, 11) is 0. The predicted octanol–water partition coefficient (Wildman–Crippen LogP) is 5.08. The molecule has 1 aliphatic heterocycles. The average molecular weight is 349 g/mol. The van der Waals surface area contributed by atoms with Crippen LogP contribution >= 0.6 is 0 Å². The maximum Gasteiger partial charge on any atom is 0.340 e. The van der Waals surface area contributed by atoms with Gasteiger partial charge in [0.25, 0.3) is 0 Å². The molecule has 132 valence electrons. The lowest BCUT2D eigenvalue weighted by Crippen LogP contribution is -2.07. The fourth-order valence-electron chi connectivity index (χ4n) is 3.80. The molecule has 0 spiro atoms. The number of fused-ring (bicyclic) bond motifs is 1. The number of halogens is 1. The highest BCUT2D eigenvalue weighted by atomic mass is 19.1. The van der Waals surface area contributed by atoms with E-state index in [4.69, 9.17) is 4.74 Å². The van der Waals surface area contributed by atoms with Crippen molar-refractivity contribution in [3.8, 4) is 22.4 Å². The summed E-state index contributed by atoms with van der Waals surface area (Å²) in [6.07, 6.45) is 1.83. The van der Waals surface area contributed by atoms with Crippen LogP contribution in [0.5, 0.6) is 0 Å². The molecular weight excluding hydrogens is 329 g/mol. The van der Waals surface area contributed by atoms with Crippen LogP contribution in [0.25, 0.3) is 22.4 Å². The van der Waals surface area contributed by atoms with Crippen LogP contribution in [0.15, 0.2) is 54.6 Å². The van der Waals surface area contributed by atoms with Crippen molar-refractivity contribution < 1.29 is 13.9 Å². The summed E-state index contributed by atoms with van der Waals surface area (Å²) < 4.78 is 21.0. The minimum atomic E-state index is -0.287. The quantitative estimate of drug-likeness (QED) is 0.615. The number of hydrogen-bond donors (Lipinski definition) is 0. The number of nitrogens with zero attached hydrogens (tertiary/aromatic N) is 1. The minimum absolute atomic E-state index is 0.270. The van der Waals surface area contributed by atoms with E-state index < -0.39 is 0 Å². The van der Waals surface area contributed by atoms with E-state index in [0.29, 0.717) is 12.2 Å². The van der Waals surface area contributed by atoms with Crippen molar-refractivity contribution in [2.45, 2.75) is 26.3 Å². The molecule has 0 fully saturated rings. The van der Waals surface area contributed by atoms with Crippen LogP contribution in [0, 0.1) is 5.82 Å². The third-order valence-corrected chi connectivity index (χ3v) is 4.83. The van der Waals surface area contributed by atoms with Crippen molar-refractivity contribution in [1.82, 2.24) is 4.57 Å². The van der Waals surface area contributed by atoms with Gasteiger partial charge in [0.1, 0.15) is 5.82 Å². The Kier molecular flexibility index (Phi) is 4.33. The first-order valence-electron chi connectivity index (χ1n) is 8.94. The summed E-state index contributed by atoms with van der Waals surface area (Å²) in [5.74, 6) is -0.556. The van der Waals surface area contributed by atoms with Crippen LogP contribution in [-0.2, 0) is 17.7 Å². The number of carbonyl (C=O) groups is 1. The predicted molar refractivity (Wildman–Crippen MR) is 99.5 cm³/mol. The molecule has 1 aliphatic rings. The first-order valence-corrected chi connectivity index (χ1v) is 8.94. The van der Waals surface area contributed by atoms with Crippen molar-refractivity contribution in [2.24, 2.45) is 0 Å². The molecule has 4 rings (SSSR count). The van der Waals surface area contributed by atoms with E-state index in [2.05, 4.69) is 4.57 Å². The van der Waals surface area contributed by atoms with Gasteiger partial charge < -0.3 is 9.30 Å². The number of rotatable bonds is 4. The van der Waals surface area contributed by atoms with Crippen molar-refractivity contribution in [3.63, 3.8) is 0 Å². The van der Waals surface area contributed by atoms with Gasteiger partial charge in [-0.2, -0.15) is 0 Å². The smallest absolute Gasteiger partial charge is 0.340 e. The molecule has 2 heterocycles. The van der Waals surface area contributed by atoms with Crippen LogP contribution in [0.3, 0.4) is 0 Å². The summed E-state index contributed by atoms with van der Waals surface area (Å²) >= 11 is 0. The fourth-order valence-corrected chi connectivity index (χ4v) is 3.80. The van der Waals surface area contributed by atoms with Crippen LogP contribution < -0.4 is 0 Å². The van der Waals surface area contributed by atoms with Gasteiger partial charge in [-0.3, -0.25) is 0 Å². The molecule has 26 heavy (non-hydrogen) atoms. The topological polar surface area (TPSA) is 31.2 Å². The van der Waals surface area contributed by atoms with Crippen molar-refractivity contribution in [3.05, 3.63) is 71.7 Å². The highest BCUT2D eigenvalue weighted by Gasteiger charge is 2.31. The lowest BCUT2D eigenvalue weighted by Gasteiger charge is -2.11. The molecular formula is C22H20FNO2. The number of carbonyl (C=O) groups excluding carboxylic acids is 1. The Morgan fingerprint density at radius 2 is 1.81 bits per heavy atom. The summed E-state index contributed by atoms with van der Waals surface area (Å²) in [4.78, 5) is 12.8. The highest BCUT2D eigenvalue weighted by molar-refractivity contribution is 6.03. The standard InChI is InChI=1S/C22H20FNO2/c1-2-26-22(25)20-18-9-6-14-24(18)21(16-10-12-17(23)13-11-16)19(20)15-7-4-3-5-8-15/h3-5,7-8,10-13H,2,6,9,14H2,1H3. The highest BCUT2D eigenvalue weighted by Crippen LogP contribution is 2.42. The summed E-state index contributed by atoms with van der Waals surface area (Å²) in [6.45, 7) is 3.00. The normalized spacial score (nSPS) is 12.8. The second-order valence-corrected chi connectivity index (χ2v) is 6.39. The van der Waals surface area contributed by atoms with Gasteiger partial charge in [0.2, 0.25) is 0 Å². The Labute approximate surface area is 152 Å². The Morgan fingerprint density at radius 3 is 2.50 bits per heavy atom. The fraction of sp³-hybridized carbons (Fsp3) is 0.227. The van der Waals surface area contributed by atoms with Gasteiger partial charge in [0.15, 0.2) is 0 Å². The van der Waals surface area contributed by atoms with E-state index in [1.165, 1.54) is 12.1 Å². The number of ether oxygens (including phenoxy) is 1. The lowest BCUT2D eigenvalue weighted by atomic mass is 9.96. The molecule has 3 nitrogen and oxygen atoms in total. The molecule has 0 radical (unpaired) electrons. The summed E-state index contributed by atoms with van der Waals surface area (Å²) in [6, 6.07) is 16.3. The second kappa shape index (κ2) is 6.79. The third-order valence-electron chi connectivity index (χ3n) is 4.83. The molecule has 0 unspecified atom stereocenters. The number of aromatic nitrogens is 1. The van der Waals surface area contributed by atoms with Gasteiger partial charge in [-0.25, -0.2) is 9.18 Å². The van der Waals surface area contributed by atoms with Crippen molar-refractivity contribution >= 4 is 5.97 Å². The van der Waals surface area contributed by atoms with E-state index in [-0.39, 0.29) is 11.8 Å². The van der Waals surface area contributed by atoms with Crippen molar-refractivity contribution in [1.29, 1.82) is 0 Å². The largest absolute Gasteiger partial charge is 0.462 e. The maximum atomic E-state index is 13.5. The van der Waals surface area contributed by atoms with Gasteiger partial charge in [-0.1, -0.05) is 30.3 Å². The van der Waals surface area contributed by atoms with Crippen LogP contribution in [0.2, 0.25) is 0 Å². The molecule has 0 aliphatic carbocycles. The molecule has 1 aromatic heterocycles. The Bertz CT molecular complexity index is 943. The molecule has 0 bridgehead atoms. The maximum absolute atomic E-state index is 13.5. The zero-order valence-corrected chi connectivity index (χ0v) is 14.7. The molecule has 0 saturated carbocycles. The average Bonchev–Trinajstić information content (AvgIpc) is 3.23. The minimum Gasteiger partial charge on any atom is -0.462 e. The van der Waals surface area contributed by atoms with Gasteiger partial charge in [-0.05, 0) is 55.2 Å². The van der Waals surface area contributed by atoms with E-state index in [1.54, 1.807) is 12.1 Å². The Balaban J connectivity index is 2.02. The zero-order valence-electron chi connectivity index (χ0n) is 14.7. The lowest BCUT2D eigenvalue weighted by molar-refractivity contribution is 0.0526.